The van der Waals surface area contributed by atoms with E-state index in [9.17, 15) is 9.18 Å². The molecule has 4 aromatic rings. The van der Waals surface area contributed by atoms with Gasteiger partial charge in [-0.25, -0.2) is 19.2 Å². The number of nitrogens with one attached hydrogen (secondary N) is 1. The molecule has 1 amide bonds. The minimum atomic E-state index is -0.461. The van der Waals surface area contributed by atoms with Crippen LogP contribution in [0.25, 0.3) is 33.2 Å². The van der Waals surface area contributed by atoms with E-state index in [0.717, 1.165) is 74.7 Å². The zero-order valence-electron chi connectivity index (χ0n) is 27.3. The Morgan fingerprint density at radius 2 is 1.96 bits per heavy atom. The summed E-state index contributed by atoms with van der Waals surface area (Å²) >= 11 is 0. The zero-order chi connectivity index (χ0) is 33.0. The second-order valence-corrected chi connectivity index (χ2v) is 13.7. The van der Waals surface area contributed by atoms with E-state index >= 15 is 0 Å². The van der Waals surface area contributed by atoms with Crippen molar-refractivity contribution in [3.8, 4) is 29.7 Å². The number of ether oxygens (including phenoxy) is 2. The smallest absolute Gasteiger partial charge is 0.409 e. The topological polar surface area (TPSA) is 109 Å². The Kier molecular flexibility index (Phi) is 7.76. The highest BCUT2D eigenvalue weighted by Gasteiger charge is 2.50. The van der Waals surface area contributed by atoms with Gasteiger partial charge in [-0.3, -0.25) is 4.90 Å². The van der Waals surface area contributed by atoms with Crippen molar-refractivity contribution >= 4 is 33.7 Å². The fourth-order valence-electron chi connectivity index (χ4n) is 8.25. The summed E-state index contributed by atoms with van der Waals surface area (Å²) in [5.74, 6) is 3.22. The van der Waals surface area contributed by atoms with Crippen molar-refractivity contribution in [2.24, 2.45) is 0 Å². The molecule has 0 radical (unpaired) electrons. The molecule has 0 saturated carbocycles. The van der Waals surface area contributed by atoms with E-state index in [4.69, 9.17) is 35.8 Å². The number of aromatic nitrogens is 4. The van der Waals surface area contributed by atoms with Crippen molar-refractivity contribution < 1.29 is 18.7 Å². The van der Waals surface area contributed by atoms with Crippen LogP contribution in [0.1, 0.15) is 44.1 Å². The molecule has 0 aliphatic carbocycles. The number of anilines is 1. The van der Waals surface area contributed by atoms with Crippen molar-refractivity contribution in [2.75, 3.05) is 51.8 Å². The van der Waals surface area contributed by atoms with Gasteiger partial charge in [-0.1, -0.05) is 30.2 Å². The van der Waals surface area contributed by atoms with Gasteiger partial charge in [-0.15, -0.1) is 6.42 Å². The molecule has 8 rings (SSSR count). The van der Waals surface area contributed by atoms with E-state index in [1.807, 2.05) is 18.2 Å². The van der Waals surface area contributed by atoms with Crippen LogP contribution in [0.15, 0.2) is 36.5 Å². The summed E-state index contributed by atoms with van der Waals surface area (Å²) in [5.41, 5.74) is 1.11. The van der Waals surface area contributed by atoms with Gasteiger partial charge in [0.1, 0.15) is 24.8 Å². The first-order valence-electron chi connectivity index (χ1n) is 16.8. The number of piperazine rings is 1. The Morgan fingerprint density at radius 1 is 1.12 bits per heavy atom. The Hall–Kier alpha value is -4.60. The lowest BCUT2D eigenvalue weighted by atomic mass is 9.95. The number of nitrogens with zero attached hydrogens (tertiary/aromatic N) is 7. The quantitative estimate of drug-likeness (QED) is 0.290. The van der Waals surface area contributed by atoms with Gasteiger partial charge in [-0.05, 0) is 56.5 Å². The number of fused-ring (bicyclic) bond motifs is 5. The van der Waals surface area contributed by atoms with E-state index in [-0.39, 0.29) is 29.2 Å². The standard InChI is InChI=1S/C36H39FN8O3/c1-4-26-29(37)12-9-22-7-5-8-27(30(22)26)31-38-17-28-32(40-31)41-34(42-33(28)44-18-23-10-11-24(19-44)39-23)48-21-36-14-6-16-45(36)25(13-15-36)20-47-35(46)43(2)3/h1,5,7-9,12,17,23-25,39H,6,10-11,13-16,18-21H2,2-3H3/t23?,24?,25-,36-/m1/s1. The molecule has 248 valence electrons. The highest BCUT2D eigenvalue weighted by molar-refractivity contribution is 6.00. The summed E-state index contributed by atoms with van der Waals surface area (Å²) in [6, 6.07) is 9.97. The van der Waals surface area contributed by atoms with Crippen molar-refractivity contribution in [1.29, 1.82) is 0 Å². The average molecular weight is 651 g/mol. The molecular formula is C36H39FN8O3. The van der Waals surface area contributed by atoms with E-state index in [1.54, 1.807) is 26.4 Å². The third-order valence-electron chi connectivity index (χ3n) is 10.6. The fraction of sp³-hybridized carbons (Fsp3) is 0.472. The van der Waals surface area contributed by atoms with E-state index in [0.29, 0.717) is 47.7 Å². The third-order valence-corrected chi connectivity index (χ3v) is 10.6. The van der Waals surface area contributed by atoms with Gasteiger partial charge >= 0.3 is 12.1 Å². The molecule has 12 heteroatoms. The number of halogens is 1. The third kappa shape index (κ3) is 5.35. The fourth-order valence-corrected chi connectivity index (χ4v) is 8.25. The summed E-state index contributed by atoms with van der Waals surface area (Å²) < 4.78 is 26.9. The lowest BCUT2D eigenvalue weighted by Gasteiger charge is -2.35. The minimum Gasteiger partial charge on any atom is -0.461 e. The second-order valence-electron chi connectivity index (χ2n) is 13.7. The largest absolute Gasteiger partial charge is 0.461 e. The zero-order valence-corrected chi connectivity index (χ0v) is 27.3. The highest BCUT2D eigenvalue weighted by atomic mass is 19.1. The Morgan fingerprint density at radius 3 is 2.75 bits per heavy atom. The average Bonchev–Trinajstić information content (AvgIpc) is 3.77. The van der Waals surface area contributed by atoms with Crippen molar-refractivity contribution in [2.45, 2.75) is 62.2 Å². The van der Waals surface area contributed by atoms with Crippen LogP contribution in [0.2, 0.25) is 0 Å². The first kappa shape index (κ1) is 30.7. The summed E-state index contributed by atoms with van der Waals surface area (Å²) in [6.07, 6.45) is 13.4. The van der Waals surface area contributed by atoms with Crippen LogP contribution in [0, 0.1) is 18.2 Å². The van der Waals surface area contributed by atoms with Crippen LogP contribution in [-0.4, -0.2) is 106 Å². The summed E-state index contributed by atoms with van der Waals surface area (Å²) in [4.78, 5) is 37.9. The number of rotatable bonds is 7. The SMILES string of the molecule is C#Cc1c(F)ccc2cccc(-c3ncc4c(N5CC6CCC(C5)N6)nc(OC[C@]56CCCN5[C@@H](COC(=O)N(C)C)CC6)nc4n3)c12. The van der Waals surface area contributed by atoms with Gasteiger partial charge < -0.3 is 24.6 Å². The molecule has 2 unspecified atom stereocenters. The minimum absolute atomic E-state index is 0.151. The first-order valence-corrected chi connectivity index (χ1v) is 16.8. The van der Waals surface area contributed by atoms with Gasteiger partial charge in [0, 0.05) is 62.5 Å². The van der Waals surface area contributed by atoms with Crippen LogP contribution in [0.4, 0.5) is 15.0 Å². The molecule has 4 atom stereocenters. The maximum Gasteiger partial charge on any atom is 0.409 e. The Balaban J connectivity index is 1.14. The molecule has 6 heterocycles. The number of carbonyl (C=O) groups is 1. The van der Waals surface area contributed by atoms with Crippen LogP contribution in [0.3, 0.4) is 0 Å². The van der Waals surface area contributed by atoms with Crippen molar-refractivity contribution in [3.63, 3.8) is 0 Å². The summed E-state index contributed by atoms with van der Waals surface area (Å²) in [7, 11) is 3.39. The summed E-state index contributed by atoms with van der Waals surface area (Å²) in [6.45, 7) is 3.36. The lowest BCUT2D eigenvalue weighted by Crippen LogP contribution is -2.51. The van der Waals surface area contributed by atoms with Gasteiger partial charge in [0.15, 0.2) is 11.5 Å². The van der Waals surface area contributed by atoms with Crippen molar-refractivity contribution in [1.82, 2.24) is 35.1 Å². The van der Waals surface area contributed by atoms with E-state index in [2.05, 4.69) is 21.0 Å². The molecule has 11 nitrogen and oxygen atoms in total. The predicted octanol–water partition coefficient (Wildman–Crippen LogP) is 4.38. The van der Waals surface area contributed by atoms with E-state index < -0.39 is 5.82 Å². The number of terminal acetylenes is 1. The molecular weight excluding hydrogens is 611 g/mol. The van der Waals surface area contributed by atoms with E-state index in [1.165, 1.54) is 11.0 Å². The number of amides is 1. The molecule has 4 saturated heterocycles. The normalized spacial score (nSPS) is 25.0. The molecule has 2 bridgehead atoms. The molecule has 4 aliphatic rings. The molecule has 48 heavy (non-hydrogen) atoms. The molecule has 4 fully saturated rings. The van der Waals surface area contributed by atoms with Crippen molar-refractivity contribution in [3.05, 3.63) is 47.9 Å². The molecule has 2 aromatic heterocycles. The summed E-state index contributed by atoms with van der Waals surface area (Å²) in [5, 5.41) is 5.83. The van der Waals surface area contributed by atoms with Gasteiger partial charge in [0.2, 0.25) is 0 Å². The lowest BCUT2D eigenvalue weighted by molar-refractivity contribution is 0.0484. The predicted molar refractivity (Wildman–Crippen MR) is 180 cm³/mol. The number of hydrogen-bond donors (Lipinski definition) is 1. The molecule has 0 spiro atoms. The number of benzene rings is 2. The monoisotopic (exact) mass is 650 g/mol. The molecule has 1 N–H and O–H groups in total. The van der Waals surface area contributed by atoms with Gasteiger partial charge in [-0.2, -0.15) is 9.97 Å². The highest BCUT2D eigenvalue weighted by Crippen LogP contribution is 2.43. The Bertz CT molecular complexity index is 1940. The second kappa shape index (κ2) is 12.1. The van der Waals surface area contributed by atoms with Crippen LogP contribution >= 0.6 is 0 Å². The van der Waals surface area contributed by atoms with Crippen LogP contribution < -0.4 is 15.0 Å². The van der Waals surface area contributed by atoms with Crippen LogP contribution in [0.5, 0.6) is 6.01 Å². The Labute approximate surface area is 278 Å². The van der Waals surface area contributed by atoms with Gasteiger partial charge in [0.25, 0.3) is 0 Å². The number of carbonyl (C=O) groups excluding carboxylic acids is 1. The maximum absolute atomic E-state index is 14.8. The number of hydrogen-bond acceptors (Lipinski definition) is 10. The molecule has 4 aliphatic heterocycles. The maximum atomic E-state index is 14.8. The first-order chi connectivity index (χ1) is 23.3. The molecule has 2 aromatic carbocycles. The van der Waals surface area contributed by atoms with Gasteiger partial charge in [0.05, 0.1) is 16.5 Å². The van der Waals surface area contributed by atoms with Crippen LogP contribution in [-0.2, 0) is 4.74 Å².